The maximum Gasteiger partial charge on any atom is 0.191 e. The van der Waals surface area contributed by atoms with Crippen LogP contribution in [-0.4, -0.2) is 56.7 Å². The fourth-order valence-electron chi connectivity index (χ4n) is 2.33. The van der Waals surface area contributed by atoms with Crippen molar-refractivity contribution in [3.63, 3.8) is 0 Å². The van der Waals surface area contributed by atoms with Gasteiger partial charge in [-0.15, -0.1) is 35.3 Å². The van der Waals surface area contributed by atoms with E-state index in [1.807, 2.05) is 38.5 Å². The van der Waals surface area contributed by atoms with Crippen LogP contribution in [0.1, 0.15) is 15.4 Å². The van der Waals surface area contributed by atoms with E-state index in [0.29, 0.717) is 13.2 Å². The molecule has 6 nitrogen and oxygen atoms in total. The number of rotatable bonds is 9. The Morgan fingerprint density at radius 2 is 2.04 bits per heavy atom. The smallest absolute Gasteiger partial charge is 0.191 e. The molecule has 27 heavy (non-hydrogen) atoms. The van der Waals surface area contributed by atoms with Crippen molar-refractivity contribution in [3.8, 4) is 5.75 Å². The molecule has 0 spiro atoms. The van der Waals surface area contributed by atoms with E-state index in [2.05, 4.69) is 38.5 Å². The van der Waals surface area contributed by atoms with E-state index < -0.39 is 0 Å². The van der Waals surface area contributed by atoms with Crippen LogP contribution in [0.15, 0.2) is 35.5 Å². The van der Waals surface area contributed by atoms with Gasteiger partial charge in [0.2, 0.25) is 0 Å². The zero-order valence-corrected chi connectivity index (χ0v) is 19.6. The number of ether oxygens (including phenoxy) is 1. The maximum atomic E-state index is 5.91. The highest BCUT2D eigenvalue weighted by Gasteiger charge is 2.05. The van der Waals surface area contributed by atoms with Crippen LogP contribution in [0.3, 0.4) is 0 Å². The van der Waals surface area contributed by atoms with Gasteiger partial charge in [-0.3, -0.25) is 4.99 Å². The summed E-state index contributed by atoms with van der Waals surface area (Å²) in [5.41, 5.74) is 1.12. The van der Waals surface area contributed by atoms with Crippen LogP contribution in [0.5, 0.6) is 5.75 Å². The Kier molecular flexibility index (Phi) is 11.3. The van der Waals surface area contributed by atoms with E-state index in [1.165, 1.54) is 4.88 Å². The topological polar surface area (TPSA) is 61.8 Å². The van der Waals surface area contributed by atoms with Gasteiger partial charge in [0, 0.05) is 49.7 Å². The van der Waals surface area contributed by atoms with Gasteiger partial charge in [0.05, 0.1) is 5.01 Å². The first-order valence-electron chi connectivity index (χ1n) is 8.79. The normalized spacial score (nSPS) is 11.2. The van der Waals surface area contributed by atoms with Crippen LogP contribution < -0.4 is 15.4 Å². The predicted octanol–water partition coefficient (Wildman–Crippen LogP) is 2.92. The molecule has 0 radical (unpaired) electrons. The van der Waals surface area contributed by atoms with Gasteiger partial charge in [0.15, 0.2) is 5.96 Å². The zero-order valence-electron chi connectivity index (χ0n) is 16.5. The molecule has 150 valence electrons. The molecule has 0 bridgehead atoms. The molecule has 0 aliphatic heterocycles. The summed E-state index contributed by atoms with van der Waals surface area (Å²) >= 11 is 1.74. The Morgan fingerprint density at radius 1 is 1.26 bits per heavy atom. The minimum atomic E-state index is 0. The number of aryl methyl sites for hydroxylation is 1. The van der Waals surface area contributed by atoms with Crippen LogP contribution in [0, 0.1) is 6.92 Å². The quantitative estimate of drug-likeness (QED) is 0.313. The van der Waals surface area contributed by atoms with Crippen molar-refractivity contribution in [1.82, 2.24) is 20.5 Å². The van der Waals surface area contributed by atoms with Crippen molar-refractivity contribution in [3.05, 3.63) is 45.9 Å². The van der Waals surface area contributed by atoms with Crippen molar-refractivity contribution in [2.24, 2.45) is 4.99 Å². The van der Waals surface area contributed by atoms with Crippen LogP contribution >= 0.6 is 35.3 Å². The molecule has 1 aromatic heterocycles. The number of halogens is 1. The largest absolute Gasteiger partial charge is 0.492 e. The van der Waals surface area contributed by atoms with Crippen molar-refractivity contribution in [2.45, 2.75) is 19.9 Å². The van der Waals surface area contributed by atoms with Gasteiger partial charge < -0.3 is 20.3 Å². The SMILES string of the molecule is CN=C(NCCc1ncc(C)s1)NCc1ccccc1OCCN(C)C.I. The van der Waals surface area contributed by atoms with E-state index in [9.17, 15) is 0 Å². The molecule has 1 heterocycles. The number of nitrogens with one attached hydrogen (secondary N) is 2. The lowest BCUT2D eigenvalue weighted by Crippen LogP contribution is -2.37. The highest BCUT2D eigenvalue weighted by molar-refractivity contribution is 14.0. The van der Waals surface area contributed by atoms with Crippen LogP contribution in [0.2, 0.25) is 0 Å². The van der Waals surface area contributed by atoms with Gasteiger partial charge >= 0.3 is 0 Å². The highest BCUT2D eigenvalue weighted by Crippen LogP contribution is 2.17. The van der Waals surface area contributed by atoms with Crippen LogP contribution in [0.4, 0.5) is 0 Å². The second-order valence-corrected chi connectivity index (χ2v) is 7.55. The van der Waals surface area contributed by atoms with Crippen molar-refractivity contribution in [2.75, 3.05) is 40.8 Å². The summed E-state index contributed by atoms with van der Waals surface area (Å²) in [7, 11) is 5.86. The Morgan fingerprint density at radius 3 is 2.70 bits per heavy atom. The number of hydrogen-bond acceptors (Lipinski definition) is 5. The Hall–Kier alpha value is -1.39. The summed E-state index contributed by atoms with van der Waals surface area (Å²) in [6.45, 7) is 5.10. The third kappa shape index (κ3) is 8.89. The number of aromatic nitrogens is 1. The van der Waals surface area contributed by atoms with Crippen molar-refractivity contribution in [1.29, 1.82) is 0 Å². The monoisotopic (exact) mass is 503 g/mol. The number of aliphatic imine (C=N–C) groups is 1. The number of guanidine groups is 1. The fraction of sp³-hybridized carbons (Fsp3) is 0.474. The first-order valence-corrected chi connectivity index (χ1v) is 9.61. The third-order valence-corrected chi connectivity index (χ3v) is 4.71. The Labute approximate surface area is 183 Å². The van der Waals surface area contributed by atoms with Gasteiger partial charge in [0.25, 0.3) is 0 Å². The average Bonchev–Trinajstić information content (AvgIpc) is 3.04. The van der Waals surface area contributed by atoms with Crippen molar-refractivity contribution < 1.29 is 4.74 Å². The lowest BCUT2D eigenvalue weighted by atomic mass is 10.2. The number of nitrogens with zero attached hydrogens (tertiary/aromatic N) is 3. The van der Waals surface area contributed by atoms with Gasteiger partial charge in [-0.2, -0.15) is 0 Å². The van der Waals surface area contributed by atoms with Crippen molar-refractivity contribution >= 4 is 41.3 Å². The lowest BCUT2D eigenvalue weighted by molar-refractivity contribution is 0.259. The summed E-state index contributed by atoms with van der Waals surface area (Å²) in [6, 6.07) is 8.10. The third-order valence-electron chi connectivity index (χ3n) is 3.74. The van der Waals surface area contributed by atoms with Gasteiger partial charge in [-0.25, -0.2) is 4.98 Å². The van der Waals surface area contributed by atoms with Crippen LogP contribution in [0.25, 0.3) is 0 Å². The predicted molar refractivity (Wildman–Crippen MR) is 125 cm³/mol. The van der Waals surface area contributed by atoms with E-state index in [-0.39, 0.29) is 24.0 Å². The second kappa shape index (κ2) is 12.9. The minimum Gasteiger partial charge on any atom is -0.492 e. The molecule has 1 aromatic carbocycles. The highest BCUT2D eigenvalue weighted by atomic mass is 127. The summed E-state index contributed by atoms with van der Waals surface area (Å²) in [6.07, 6.45) is 2.81. The minimum absolute atomic E-state index is 0. The molecule has 0 fully saturated rings. The molecule has 0 amide bonds. The molecule has 0 atom stereocenters. The number of hydrogen-bond donors (Lipinski definition) is 2. The summed E-state index contributed by atoms with van der Waals surface area (Å²) in [4.78, 5) is 12.0. The molecule has 0 aliphatic rings. The standard InChI is InChI=1S/C19H29N5OS.HI/c1-15-13-22-18(26-15)9-10-21-19(20-2)23-14-16-7-5-6-8-17(16)25-12-11-24(3)4;/h5-8,13H,9-12,14H2,1-4H3,(H2,20,21,23);1H. The van der Waals surface area contributed by atoms with Gasteiger partial charge in [0.1, 0.15) is 12.4 Å². The first kappa shape index (κ1) is 23.6. The van der Waals surface area contributed by atoms with Gasteiger partial charge in [-0.05, 0) is 27.1 Å². The second-order valence-electron chi connectivity index (χ2n) is 6.23. The molecule has 8 heteroatoms. The van der Waals surface area contributed by atoms with Gasteiger partial charge in [-0.1, -0.05) is 18.2 Å². The molecule has 2 N–H and O–H groups in total. The summed E-state index contributed by atoms with van der Waals surface area (Å²) < 4.78 is 5.91. The molecule has 0 saturated carbocycles. The number of para-hydroxylation sites is 1. The number of thiazole rings is 1. The lowest BCUT2D eigenvalue weighted by Gasteiger charge is -2.16. The van der Waals surface area contributed by atoms with Crippen LogP contribution in [-0.2, 0) is 13.0 Å². The molecule has 0 aliphatic carbocycles. The van der Waals surface area contributed by atoms with E-state index >= 15 is 0 Å². The molecule has 0 unspecified atom stereocenters. The Bertz CT molecular complexity index is 705. The summed E-state index contributed by atoms with van der Waals surface area (Å²) in [5, 5.41) is 7.82. The van der Waals surface area contributed by atoms with E-state index in [0.717, 1.165) is 41.8 Å². The van der Waals surface area contributed by atoms with E-state index in [4.69, 9.17) is 4.74 Å². The zero-order chi connectivity index (χ0) is 18.8. The Balaban J connectivity index is 0.00000364. The molecular formula is C19H30IN5OS. The maximum absolute atomic E-state index is 5.91. The molecular weight excluding hydrogens is 473 g/mol. The van der Waals surface area contributed by atoms with E-state index in [1.54, 1.807) is 18.4 Å². The molecule has 0 saturated heterocycles. The molecule has 2 rings (SSSR count). The first-order chi connectivity index (χ1) is 12.6. The number of likely N-dealkylation sites (N-methyl/N-ethyl adjacent to an activating group) is 1. The summed E-state index contributed by atoms with van der Waals surface area (Å²) in [5.74, 6) is 1.69. The molecule has 2 aromatic rings. The number of benzene rings is 1. The average molecular weight is 503 g/mol. The fourth-order valence-corrected chi connectivity index (χ4v) is 3.12.